The Hall–Kier alpha value is -0.120. The highest BCUT2D eigenvalue weighted by molar-refractivity contribution is 5.00. The summed E-state index contributed by atoms with van der Waals surface area (Å²) in [6.45, 7) is 4.13. The molecule has 0 saturated heterocycles. The van der Waals surface area contributed by atoms with Crippen LogP contribution in [0.4, 0.5) is 0 Å². The first-order chi connectivity index (χ1) is 5.72. The molecule has 1 fully saturated rings. The summed E-state index contributed by atoms with van der Waals surface area (Å²) in [6.07, 6.45) is 3.21. The lowest BCUT2D eigenvalue weighted by molar-refractivity contribution is 0.121. The normalized spacial score (nSPS) is 34.8. The Labute approximate surface area is 74.3 Å². The van der Waals surface area contributed by atoms with Crippen LogP contribution in [0, 0.1) is 5.92 Å². The smallest absolute Gasteiger partial charge is 0.0443 e. The lowest BCUT2D eigenvalue weighted by atomic mass is 9.69. The van der Waals surface area contributed by atoms with E-state index in [9.17, 15) is 0 Å². The molecule has 72 valence electrons. The summed E-state index contributed by atoms with van der Waals surface area (Å²) >= 11 is 0. The zero-order valence-electron chi connectivity index (χ0n) is 7.84. The Balaban J connectivity index is 2.18. The Morgan fingerprint density at radius 2 is 2.25 bits per heavy atom. The summed E-state index contributed by atoms with van der Waals surface area (Å²) in [5, 5.41) is 12.0. The predicted octanol–water partition coefficient (Wildman–Crippen LogP) is 0.0858. The minimum Gasteiger partial charge on any atom is -0.396 e. The number of aliphatic hydroxyl groups excluding tert-OH is 1. The lowest BCUT2D eigenvalue weighted by Gasteiger charge is -2.46. The van der Waals surface area contributed by atoms with Gasteiger partial charge in [-0.1, -0.05) is 6.92 Å². The molecule has 1 aliphatic rings. The van der Waals surface area contributed by atoms with Crippen molar-refractivity contribution in [1.29, 1.82) is 0 Å². The Morgan fingerprint density at radius 3 is 2.67 bits per heavy atom. The fourth-order valence-electron chi connectivity index (χ4n) is 2.09. The highest BCUT2D eigenvalue weighted by Crippen LogP contribution is 2.36. The molecule has 0 unspecified atom stereocenters. The molecule has 0 bridgehead atoms. The third kappa shape index (κ3) is 2.19. The van der Waals surface area contributed by atoms with Crippen molar-refractivity contribution < 1.29 is 5.11 Å². The van der Waals surface area contributed by atoms with Gasteiger partial charge in [0.2, 0.25) is 0 Å². The first-order valence-electron chi connectivity index (χ1n) is 4.78. The molecule has 3 heteroatoms. The van der Waals surface area contributed by atoms with Crippen molar-refractivity contribution in [1.82, 2.24) is 5.32 Å². The topological polar surface area (TPSA) is 58.3 Å². The Morgan fingerprint density at radius 1 is 1.58 bits per heavy atom. The van der Waals surface area contributed by atoms with E-state index in [-0.39, 0.29) is 12.1 Å². The largest absolute Gasteiger partial charge is 0.396 e. The van der Waals surface area contributed by atoms with Crippen LogP contribution in [0.15, 0.2) is 0 Å². The van der Waals surface area contributed by atoms with Gasteiger partial charge in [0, 0.05) is 18.7 Å². The standard InChI is InChI=1S/C9H20N2O/c1-8-5-9(6-8,7-10)11-3-2-4-12/h8,11-12H,2-7,10H2,1H3. The maximum Gasteiger partial charge on any atom is 0.0443 e. The third-order valence-electron chi connectivity index (χ3n) is 2.70. The molecule has 4 N–H and O–H groups in total. The number of aliphatic hydroxyl groups is 1. The van der Waals surface area contributed by atoms with Crippen LogP contribution in [0.2, 0.25) is 0 Å². The summed E-state index contributed by atoms with van der Waals surface area (Å²) in [6, 6.07) is 0. The van der Waals surface area contributed by atoms with E-state index in [4.69, 9.17) is 10.8 Å². The summed E-state index contributed by atoms with van der Waals surface area (Å²) in [7, 11) is 0. The lowest BCUT2D eigenvalue weighted by Crippen LogP contribution is -2.59. The van der Waals surface area contributed by atoms with Gasteiger partial charge in [0.1, 0.15) is 0 Å². The van der Waals surface area contributed by atoms with Crippen molar-refractivity contribution in [3.63, 3.8) is 0 Å². The maximum atomic E-state index is 8.61. The van der Waals surface area contributed by atoms with Crippen molar-refractivity contribution >= 4 is 0 Å². The average molecular weight is 172 g/mol. The van der Waals surface area contributed by atoms with Gasteiger partial charge in [-0.05, 0) is 31.7 Å². The third-order valence-corrected chi connectivity index (χ3v) is 2.70. The fourth-order valence-corrected chi connectivity index (χ4v) is 2.09. The highest BCUT2D eigenvalue weighted by atomic mass is 16.3. The van der Waals surface area contributed by atoms with Crippen molar-refractivity contribution in [3.05, 3.63) is 0 Å². The van der Waals surface area contributed by atoms with Gasteiger partial charge in [0.15, 0.2) is 0 Å². The molecule has 12 heavy (non-hydrogen) atoms. The molecule has 3 nitrogen and oxygen atoms in total. The van der Waals surface area contributed by atoms with Crippen LogP contribution in [0.25, 0.3) is 0 Å². The van der Waals surface area contributed by atoms with Gasteiger partial charge in [0.05, 0.1) is 0 Å². The van der Waals surface area contributed by atoms with Crippen molar-refractivity contribution in [2.24, 2.45) is 11.7 Å². The van der Waals surface area contributed by atoms with E-state index in [1.54, 1.807) is 0 Å². The number of hydrogen-bond acceptors (Lipinski definition) is 3. The van der Waals surface area contributed by atoms with Crippen LogP contribution in [-0.2, 0) is 0 Å². The van der Waals surface area contributed by atoms with E-state index in [2.05, 4.69) is 12.2 Å². The van der Waals surface area contributed by atoms with Gasteiger partial charge in [0.25, 0.3) is 0 Å². The van der Waals surface area contributed by atoms with Gasteiger partial charge in [-0.25, -0.2) is 0 Å². The molecule has 1 rings (SSSR count). The second kappa shape index (κ2) is 4.21. The quantitative estimate of drug-likeness (QED) is 0.515. The maximum absolute atomic E-state index is 8.61. The molecule has 0 aliphatic heterocycles. The predicted molar refractivity (Wildman–Crippen MR) is 49.9 cm³/mol. The Bertz CT molecular complexity index is 132. The zero-order valence-corrected chi connectivity index (χ0v) is 7.84. The van der Waals surface area contributed by atoms with Gasteiger partial charge >= 0.3 is 0 Å². The molecule has 0 spiro atoms. The van der Waals surface area contributed by atoms with E-state index in [1.807, 2.05) is 0 Å². The molecule has 1 saturated carbocycles. The van der Waals surface area contributed by atoms with Crippen LogP contribution in [-0.4, -0.2) is 30.3 Å². The molecular weight excluding hydrogens is 152 g/mol. The van der Waals surface area contributed by atoms with Crippen molar-refractivity contribution in [2.45, 2.75) is 31.7 Å². The average Bonchev–Trinajstić information content (AvgIpc) is 2.01. The van der Waals surface area contributed by atoms with Crippen LogP contribution in [0.1, 0.15) is 26.2 Å². The van der Waals surface area contributed by atoms with Gasteiger partial charge in [-0.3, -0.25) is 0 Å². The summed E-state index contributed by atoms with van der Waals surface area (Å²) in [5.41, 5.74) is 5.89. The first kappa shape index (κ1) is 9.96. The van der Waals surface area contributed by atoms with Crippen LogP contribution < -0.4 is 11.1 Å². The van der Waals surface area contributed by atoms with E-state index in [0.717, 1.165) is 25.4 Å². The van der Waals surface area contributed by atoms with Crippen LogP contribution >= 0.6 is 0 Å². The summed E-state index contributed by atoms with van der Waals surface area (Å²) < 4.78 is 0. The first-order valence-corrected chi connectivity index (χ1v) is 4.78. The molecule has 0 aromatic carbocycles. The van der Waals surface area contributed by atoms with E-state index >= 15 is 0 Å². The second-order valence-corrected chi connectivity index (χ2v) is 4.00. The minimum atomic E-state index is 0.203. The van der Waals surface area contributed by atoms with E-state index in [0.29, 0.717) is 0 Å². The second-order valence-electron chi connectivity index (χ2n) is 4.00. The van der Waals surface area contributed by atoms with Gasteiger partial charge in [-0.15, -0.1) is 0 Å². The highest BCUT2D eigenvalue weighted by Gasteiger charge is 2.39. The molecule has 0 heterocycles. The van der Waals surface area contributed by atoms with E-state index in [1.165, 1.54) is 12.8 Å². The number of hydrogen-bond donors (Lipinski definition) is 3. The molecular formula is C9H20N2O. The van der Waals surface area contributed by atoms with Crippen LogP contribution in [0.3, 0.4) is 0 Å². The molecule has 1 aliphatic carbocycles. The van der Waals surface area contributed by atoms with Crippen LogP contribution in [0.5, 0.6) is 0 Å². The van der Waals surface area contributed by atoms with E-state index < -0.39 is 0 Å². The SMILES string of the molecule is CC1CC(CN)(NCCCO)C1. The monoisotopic (exact) mass is 172 g/mol. The van der Waals surface area contributed by atoms with Gasteiger partial charge in [-0.2, -0.15) is 0 Å². The summed E-state index contributed by atoms with van der Waals surface area (Å²) in [4.78, 5) is 0. The van der Waals surface area contributed by atoms with Crippen molar-refractivity contribution in [3.8, 4) is 0 Å². The number of nitrogens with one attached hydrogen (secondary N) is 1. The summed E-state index contributed by atoms with van der Waals surface area (Å²) in [5.74, 6) is 0.815. The van der Waals surface area contributed by atoms with Gasteiger partial charge < -0.3 is 16.2 Å². The number of nitrogens with two attached hydrogens (primary N) is 1. The molecule has 0 atom stereocenters. The molecule has 0 aromatic rings. The number of rotatable bonds is 5. The fraction of sp³-hybridized carbons (Fsp3) is 1.00. The Kier molecular flexibility index (Phi) is 3.50. The zero-order chi connectivity index (χ0) is 9.03. The molecule has 0 radical (unpaired) electrons. The minimum absolute atomic E-state index is 0.203. The van der Waals surface area contributed by atoms with Crippen molar-refractivity contribution in [2.75, 3.05) is 19.7 Å². The molecule has 0 aromatic heterocycles. The molecule has 0 amide bonds.